The van der Waals surface area contributed by atoms with Crippen molar-refractivity contribution in [2.45, 2.75) is 25.4 Å². The van der Waals surface area contributed by atoms with Gasteiger partial charge in [0, 0.05) is 11.4 Å². The summed E-state index contributed by atoms with van der Waals surface area (Å²) in [6.07, 6.45) is 2.37. The molecule has 0 radical (unpaired) electrons. The van der Waals surface area contributed by atoms with E-state index in [9.17, 15) is 9.59 Å². The monoisotopic (exact) mass is 378 g/mol. The minimum atomic E-state index is -0.509. The number of benzene rings is 1. The number of aromatic nitrogens is 2. The Morgan fingerprint density at radius 3 is 2.64 bits per heavy atom. The lowest BCUT2D eigenvalue weighted by atomic mass is 10.2. The number of carbonyl (C=O) groups is 2. The van der Waals surface area contributed by atoms with Crippen molar-refractivity contribution in [3.63, 3.8) is 0 Å². The number of hydrogen-bond donors (Lipinski definition) is 2. The van der Waals surface area contributed by atoms with E-state index in [1.54, 1.807) is 12.1 Å². The standard InChI is InChI=1S/C17H19ClN4O2S/c1-3-8-25-17-20-9-13(18)15(22-17)16(24)19-10-14(23)21-12-6-4-11(2)5-7-12/h4-7,9H,3,8,10H2,1-2H3,(H,19,24)(H,21,23). The van der Waals surface area contributed by atoms with Crippen LogP contribution in [-0.4, -0.2) is 34.1 Å². The predicted octanol–water partition coefficient (Wildman–Crippen LogP) is 3.31. The molecule has 0 aliphatic rings. The lowest BCUT2D eigenvalue weighted by Crippen LogP contribution is -2.33. The first-order chi connectivity index (χ1) is 12.0. The number of thioether (sulfide) groups is 1. The molecule has 0 atom stereocenters. The van der Waals surface area contributed by atoms with E-state index in [0.29, 0.717) is 10.8 Å². The highest BCUT2D eigenvalue weighted by Crippen LogP contribution is 2.18. The Morgan fingerprint density at radius 1 is 1.24 bits per heavy atom. The lowest BCUT2D eigenvalue weighted by molar-refractivity contribution is -0.115. The van der Waals surface area contributed by atoms with E-state index >= 15 is 0 Å². The highest BCUT2D eigenvalue weighted by Gasteiger charge is 2.15. The molecular formula is C17H19ClN4O2S. The average Bonchev–Trinajstić information content (AvgIpc) is 2.61. The number of hydrogen-bond acceptors (Lipinski definition) is 5. The van der Waals surface area contributed by atoms with Gasteiger partial charge >= 0.3 is 0 Å². The quantitative estimate of drug-likeness (QED) is 0.570. The molecule has 0 aliphatic heterocycles. The van der Waals surface area contributed by atoms with Gasteiger partial charge in [-0.15, -0.1) is 0 Å². The summed E-state index contributed by atoms with van der Waals surface area (Å²) in [6.45, 7) is 3.83. The van der Waals surface area contributed by atoms with Gasteiger partial charge in [-0.25, -0.2) is 9.97 Å². The molecule has 6 nitrogen and oxygen atoms in total. The largest absolute Gasteiger partial charge is 0.342 e. The number of rotatable bonds is 7. The second-order valence-electron chi connectivity index (χ2n) is 5.29. The molecule has 0 unspecified atom stereocenters. The van der Waals surface area contributed by atoms with Crippen molar-refractivity contribution in [2.24, 2.45) is 0 Å². The van der Waals surface area contributed by atoms with Crippen LogP contribution in [0.4, 0.5) is 5.69 Å². The Bertz CT molecular complexity index is 753. The van der Waals surface area contributed by atoms with E-state index in [2.05, 4.69) is 20.6 Å². The molecule has 0 saturated heterocycles. The summed E-state index contributed by atoms with van der Waals surface area (Å²) in [6, 6.07) is 7.38. The van der Waals surface area contributed by atoms with Crippen molar-refractivity contribution in [3.05, 3.63) is 46.7 Å². The molecule has 2 rings (SSSR count). The number of nitrogens with zero attached hydrogens (tertiary/aromatic N) is 2. The van der Waals surface area contributed by atoms with E-state index in [1.165, 1.54) is 18.0 Å². The van der Waals surface area contributed by atoms with E-state index in [4.69, 9.17) is 11.6 Å². The van der Waals surface area contributed by atoms with Gasteiger partial charge < -0.3 is 10.6 Å². The fourth-order valence-corrected chi connectivity index (χ4v) is 2.71. The smallest absolute Gasteiger partial charge is 0.272 e. The van der Waals surface area contributed by atoms with Crippen molar-refractivity contribution in [1.82, 2.24) is 15.3 Å². The minimum Gasteiger partial charge on any atom is -0.342 e. The molecule has 2 aromatic rings. The molecule has 0 spiro atoms. The zero-order valence-electron chi connectivity index (χ0n) is 14.0. The van der Waals surface area contributed by atoms with Gasteiger partial charge in [-0.3, -0.25) is 9.59 Å². The fourth-order valence-electron chi connectivity index (χ4n) is 1.86. The van der Waals surface area contributed by atoms with Gasteiger partial charge in [0.05, 0.1) is 17.8 Å². The second-order valence-corrected chi connectivity index (χ2v) is 6.76. The Kier molecular flexibility index (Phi) is 7.21. The maximum atomic E-state index is 12.2. The number of carbonyl (C=O) groups excluding carboxylic acids is 2. The van der Waals surface area contributed by atoms with Gasteiger partial charge in [0.2, 0.25) is 5.91 Å². The molecule has 1 aromatic carbocycles. The Morgan fingerprint density at radius 2 is 1.96 bits per heavy atom. The third-order valence-electron chi connectivity index (χ3n) is 3.12. The van der Waals surface area contributed by atoms with Crippen LogP contribution in [0.3, 0.4) is 0 Å². The van der Waals surface area contributed by atoms with Gasteiger partial charge in [-0.1, -0.05) is 48.0 Å². The van der Waals surface area contributed by atoms with Crippen molar-refractivity contribution >= 4 is 40.9 Å². The molecule has 8 heteroatoms. The van der Waals surface area contributed by atoms with E-state index in [0.717, 1.165) is 17.7 Å². The molecular weight excluding hydrogens is 360 g/mol. The molecule has 1 aromatic heterocycles. The second kappa shape index (κ2) is 9.39. The summed E-state index contributed by atoms with van der Waals surface area (Å²) in [5.74, 6) is 0.00883. The molecule has 132 valence electrons. The average molecular weight is 379 g/mol. The summed E-state index contributed by atoms with van der Waals surface area (Å²) in [5.41, 5.74) is 1.84. The molecule has 0 saturated carbocycles. The molecule has 25 heavy (non-hydrogen) atoms. The van der Waals surface area contributed by atoms with Crippen molar-refractivity contribution in [2.75, 3.05) is 17.6 Å². The first-order valence-corrected chi connectivity index (χ1v) is 9.16. The van der Waals surface area contributed by atoms with Crippen LogP contribution >= 0.6 is 23.4 Å². The first-order valence-electron chi connectivity index (χ1n) is 7.79. The summed E-state index contributed by atoms with van der Waals surface area (Å²) in [4.78, 5) is 32.4. The number of nitrogens with one attached hydrogen (secondary N) is 2. The predicted molar refractivity (Wildman–Crippen MR) is 100 cm³/mol. The highest BCUT2D eigenvalue weighted by atomic mass is 35.5. The minimum absolute atomic E-state index is 0.0680. The third-order valence-corrected chi connectivity index (χ3v) is 4.46. The van der Waals surface area contributed by atoms with Crippen LogP contribution in [0.2, 0.25) is 5.02 Å². The van der Waals surface area contributed by atoms with Gasteiger partial charge in [0.15, 0.2) is 10.9 Å². The van der Waals surface area contributed by atoms with Crippen molar-refractivity contribution in [3.8, 4) is 0 Å². The molecule has 0 fully saturated rings. The Hall–Kier alpha value is -2.12. The number of aryl methyl sites for hydroxylation is 1. The van der Waals surface area contributed by atoms with Crippen LogP contribution in [0.1, 0.15) is 29.4 Å². The zero-order chi connectivity index (χ0) is 18.2. The fraction of sp³-hybridized carbons (Fsp3) is 0.294. The lowest BCUT2D eigenvalue weighted by Gasteiger charge is -2.08. The molecule has 2 N–H and O–H groups in total. The molecule has 2 amide bonds. The van der Waals surface area contributed by atoms with Gasteiger partial charge in [-0.05, 0) is 25.5 Å². The zero-order valence-corrected chi connectivity index (χ0v) is 15.6. The topological polar surface area (TPSA) is 84.0 Å². The van der Waals surface area contributed by atoms with E-state index in [1.807, 2.05) is 26.0 Å². The van der Waals surface area contributed by atoms with E-state index < -0.39 is 5.91 Å². The van der Waals surface area contributed by atoms with Crippen LogP contribution < -0.4 is 10.6 Å². The molecule has 1 heterocycles. The Labute approximate surface area is 155 Å². The maximum absolute atomic E-state index is 12.2. The summed E-state index contributed by atoms with van der Waals surface area (Å²) < 4.78 is 0. The third kappa shape index (κ3) is 6.03. The van der Waals surface area contributed by atoms with Gasteiger partial charge in [-0.2, -0.15) is 0 Å². The highest BCUT2D eigenvalue weighted by molar-refractivity contribution is 7.99. The van der Waals surface area contributed by atoms with Gasteiger partial charge in [0.25, 0.3) is 5.91 Å². The summed E-state index contributed by atoms with van der Waals surface area (Å²) >= 11 is 7.44. The number of halogens is 1. The van der Waals surface area contributed by atoms with Crippen LogP contribution in [0.5, 0.6) is 0 Å². The normalized spacial score (nSPS) is 10.4. The summed E-state index contributed by atoms with van der Waals surface area (Å²) in [7, 11) is 0. The van der Waals surface area contributed by atoms with Crippen molar-refractivity contribution < 1.29 is 9.59 Å². The molecule has 0 bridgehead atoms. The first kappa shape index (κ1) is 19.2. The summed E-state index contributed by atoms with van der Waals surface area (Å²) in [5, 5.41) is 5.86. The number of amides is 2. The SMILES string of the molecule is CCCSc1ncc(Cl)c(C(=O)NCC(=O)Nc2ccc(C)cc2)n1. The van der Waals surface area contributed by atoms with E-state index in [-0.39, 0.29) is 23.2 Å². The van der Waals surface area contributed by atoms with Gasteiger partial charge in [0.1, 0.15) is 0 Å². The van der Waals surface area contributed by atoms with Crippen molar-refractivity contribution in [1.29, 1.82) is 0 Å². The van der Waals surface area contributed by atoms with Crippen LogP contribution in [-0.2, 0) is 4.79 Å². The Balaban J connectivity index is 1.92. The van der Waals surface area contributed by atoms with Crippen LogP contribution in [0.15, 0.2) is 35.6 Å². The maximum Gasteiger partial charge on any atom is 0.272 e. The number of anilines is 1. The molecule has 0 aliphatic carbocycles. The van der Waals surface area contributed by atoms with Crippen LogP contribution in [0.25, 0.3) is 0 Å². The van der Waals surface area contributed by atoms with Crippen LogP contribution in [0, 0.1) is 6.92 Å².